The van der Waals surface area contributed by atoms with Crippen molar-refractivity contribution in [2.75, 3.05) is 24.7 Å². The molecule has 1 aromatic carbocycles. The van der Waals surface area contributed by atoms with E-state index in [4.69, 9.17) is 17.3 Å². The Bertz CT molecular complexity index is 297. The highest BCUT2D eigenvalue weighted by molar-refractivity contribution is 6.18. The molecule has 3 N–H and O–H groups in total. The Balaban J connectivity index is 2.17. The Kier molecular flexibility index (Phi) is 2.94. The lowest BCUT2D eigenvalue weighted by atomic mass is 9.90. The molecule has 0 amide bonds. The van der Waals surface area contributed by atoms with Crippen LogP contribution in [0.4, 0.5) is 5.69 Å². The number of alkyl halides is 1. The summed E-state index contributed by atoms with van der Waals surface area (Å²) in [5, 5.41) is 3.37. The summed E-state index contributed by atoms with van der Waals surface area (Å²) in [4.78, 5) is 0. The molecule has 2 unspecified atom stereocenters. The Morgan fingerprint density at radius 1 is 1.29 bits per heavy atom. The molecular weight excluding hydrogens is 196 g/mol. The third kappa shape index (κ3) is 1.86. The Hall–Kier alpha value is -0.730. The number of anilines is 1. The standard InChI is InChI=1S/C11H15ClN2/c12-5-9-6-14-7-11(9)8-1-3-10(13)4-2-8/h1-4,9,11,14H,5-7,13H2. The third-order valence-electron chi connectivity index (χ3n) is 2.90. The first-order valence-corrected chi connectivity index (χ1v) is 5.47. The maximum absolute atomic E-state index is 5.92. The fourth-order valence-corrected chi connectivity index (χ4v) is 2.35. The molecule has 2 rings (SSSR count). The summed E-state index contributed by atoms with van der Waals surface area (Å²) in [5.41, 5.74) is 7.81. The number of benzene rings is 1. The molecule has 2 nitrogen and oxygen atoms in total. The third-order valence-corrected chi connectivity index (χ3v) is 3.30. The maximum Gasteiger partial charge on any atom is 0.0314 e. The summed E-state index contributed by atoms with van der Waals surface area (Å²) >= 11 is 5.92. The van der Waals surface area contributed by atoms with E-state index >= 15 is 0 Å². The van der Waals surface area contributed by atoms with Gasteiger partial charge in [0.05, 0.1) is 0 Å². The van der Waals surface area contributed by atoms with Crippen molar-refractivity contribution in [2.24, 2.45) is 5.92 Å². The summed E-state index contributed by atoms with van der Waals surface area (Å²) in [7, 11) is 0. The molecule has 0 spiro atoms. The predicted octanol–water partition coefficient (Wildman–Crippen LogP) is 1.81. The molecular formula is C11H15ClN2. The monoisotopic (exact) mass is 210 g/mol. The van der Waals surface area contributed by atoms with Crippen LogP contribution in [0.25, 0.3) is 0 Å². The first-order chi connectivity index (χ1) is 6.81. The molecule has 0 radical (unpaired) electrons. The Morgan fingerprint density at radius 3 is 2.64 bits per heavy atom. The van der Waals surface area contributed by atoms with Crippen molar-refractivity contribution in [1.82, 2.24) is 5.32 Å². The molecule has 0 aliphatic carbocycles. The van der Waals surface area contributed by atoms with Crippen molar-refractivity contribution >= 4 is 17.3 Å². The molecule has 0 aromatic heterocycles. The predicted molar refractivity (Wildman–Crippen MR) is 60.7 cm³/mol. The van der Waals surface area contributed by atoms with Gasteiger partial charge in [0, 0.05) is 24.0 Å². The lowest BCUT2D eigenvalue weighted by Gasteiger charge is -2.16. The summed E-state index contributed by atoms with van der Waals surface area (Å²) < 4.78 is 0. The highest BCUT2D eigenvalue weighted by Gasteiger charge is 2.27. The van der Waals surface area contributed by atoms with Crippen molar-refractivity contribution in [1.29, 1.82) is 0 Å². The zero-order chi connectivity index (χ0) is 9.97. The smallest absolute Gasteiger partial charge is 0.0314 e. The van der Waals surface area contributed by atoms with Gasteiger partial charge in [-0.15, -0.1) is 11.6 Å². The first-order valence-electron chi connectivity index (χ1n) is 4.93. The highest BCUT2D eigenvalue weighted by Crippen LogP contribution is 2.29. The van der Waals surface area contributed by atoms with Gasteiger partial charge in [-0.2, -0.15) is 0 Å². The van der Waals surface area contributed by atoms with Crippen LogP contribution in [-0.4, -0.2) is 19.0 Å². The number of nitrogens with two attached hydrogens (primary N) is 1. The second-order valence-electron chi connectivity index (χ2n) is 3.85. The van der Waals surface area contributed by atoms with Crippen LogP contribution in [0.15, 0.2) is 24.3 Å². The van der Waals surface area contributed by atoms with E-state index in [0.29, 0.717) is 11.8 Å². The molecule has 3 heteroatoms. The van der Waals surface area contributed by atoms with Gasteiger partial charge in [-0.1, -0.05) is 12.1 Å². The minimum Gasteiger partial charge on any atom is -0.399 e. The molecule has 1 aromatic rings. The number of hydrogen-bond donors (Lipinski definition) is 2. The SMILES string of the molecule is Nc1ccc(C2CNCC2CCl)cc1. The van der Waals surface area contributed by atoms with E-state index in [-0.39, 0.29) is 0 Å². The van der Waals surface area contributed by atoms with Gasteiger partial charge >= 0.3 is 0 Å². The van der Waals surface area contributed by atoms with Crippen LogP contribution < -0.4 is 11.1 Å². The van der Waals surface area contributed by atoms with Gasteiger partial charge in [0.1, 0.15) is 0 Å². The van der Waals surface area contributed by atoms with E-state index < -0.39 is 0 Å². The maximum atomic E-state index is 5.92. The lowest BCUT2D eigenvalue weighted by Crippen LogP contribution is -2.12. The minimum absolute atomic E-state index is 0.549. The van der Waals surface area contributed by atoms with Crippen molar-refractivity contribution in [3.63, 3.8) is 0 Å². The topological polar surface area (TPSA) is 38.0 Å². The average molecular weight is 211 g/mol. The second kappa shape index (κ2) is 4.20. The number of nitrogens with one attached hydrogen (secondary N) is 1. The molecule has 1 fully saturated rings. The van der Waals surface area contributed by atoms with Gasteiger partial charge in [0.15, 0.2) is 0 Å². The molecule has 1 saturated heterocycles. The molecule has 1 aliphatic heterocycles. The molecule has 76 valence electrons. The van der Waals surface area contributed by atoms with Crippen LogP contribution in [0.5, 0.6) is 0 Å². The van der Waals surface area contributed by atoms with Crippen molar-refractivity contribution in [3.05, 3.63) is 29.8 Å². The molecule has 1 heterocycles. The number of nitrogen functional groups attached to an aromatic ring is 1. The normalized spacial score (nSPS) is 26.6. The van der Waals surface area contributed by atoms with E-state index in [9.17, 15) is 0 Å². The minimum atomic E-state index is 0.549. The largest absolute Gasteiger partial charge is 0.399 e. The van der Waals surface area contributed by atoms with E-state index in [1.165, 1.54) is 5.56 Å². The number of hydrogen-bond acceptors (Lipinski definition) is 2. The van der Waals surface area contributed by atoms with Crippen molar-refractivity contribution in [3.8, 4) is 0 Å². The fourth-order valence-electron chi connectivity index (χ4n) is 2.03. The fraction of sp³-hybridized carbons (Fsp3) is 0.455. The van der Waals surface area contributed by atoms with Crippen LogP contribution >= 0.6 is 11.6 Å². The van der Waals surface area contributed by atoms with Crippen LogP contribution in [0.1, 0.15) is 11.5 Å². The summed E-state index contributed by atoms with van der Waals surface area (Å²) in [5.74, 6) is 1.83. The van der Waals surface area contributed by atoms with E-state index in [1.54, 1.807) is 0 Å². The molecule has 14 heavy (non-hydrogen) atoms. The first kappa shape index (κ1) is 9.81. The number of rotatable bonds is 2. The van der Waals surface area contributed by atoms with Crippen molar-refractivity contribution < 1.29 is 0 Å². The van der Waals surface area contributed by atoms with Crippen LogP contribution in [0.2, 0.25) is 0 Å². The molecule has 1 aliphatic rings. The van der Waals surface area contributed by atoms with Crippen LogP contribution in [0, 0.1) is 5.92 Å². The summed E-state index contributed by atoms with van der Waals surface area (Å²) in [6.45, 7) is 2.06. The Labute approximate surface area is 89.4 Å². The van der Waals surface area contributed by atoms with Gasteiger partial charge in [-0.3, -0.25) is 0 Å². The van der Waals surface area contributed by atoms with Crippen LogP contribution in [-0.2, 0) is 0 Å². The van der Waals surface area contributed by atoms with Gasteiger partial charge in [0.2, 0.25) is 0 Å². The average Bonchev–Trinajstić information content (AvgIpc) is 2.67. The molecule has 0 saturated carbocycles. The van der Waals surface area contributed by atoms with E-state index in [2.05, 4.69) is 17.4 Å². The summed E-state index contributed by atoms with van der Waals surface area (Å²) in [6.07, 6.45) is 0. The van der Waals surface area contributed by atoms with E-state index in [0.717, 1.165) is 24.7 Å². The zero-order valence-corrected chi connectivity index (χ0v) is 8.80. The molecule has 2 atom stereocenters. The summed E-state index contributed by atoms with van der Waals surface area (Å²) in [6, 6.07) is 8.12. The quantitative estimate of drug-likeness (QED) is 0.577. The molecule has 0 bridgehead atoms. The van der Waals surface area contributed by atoms with Gasteiger partial charge in [0.25, 0.3) is 0 Å². The second-order valence-corrected chi connectivity index (χ2v) is 4.15. The lowest BCUT2D eigenvalue weighted by molar-refractivity contribution is 0.578. The van der Waals surface area contributed by atoms with Gasteiger partial charge in [-0.05, 0) is 30.2 Å². The van der Waals surface area contributed by atoms with E-state index in [1.807, 2.05) is 12.1 Å². The van der Waals surface area contributed by atoms with Gasteiger partial charge < -0.3 is 11.1 Å². The number of halogens is 1. The zero-order valence-electron chi connectivity index (χ0n) is 8.04. The van der Waals surface area contributed by atoms with Crippen molar-refractivity contribution in [2.45, 2.75) is 5.92 Å². The highest BCUT2D eigenvalue weighted by atomic mass is 35.5. The van der Waals surface area contributed by atoms with Gasteiger partial charge in [-0.25, -0.2) is 0 Å². The van der Waals surface area contributed by atoms with Crippen LogP contribution in [0.3, 0.4) is 0 Å². The Morgan fingerprint density at radius 2 is 2.00 bits per heavy atom.